The molecule has 1 aliphatic rings. The maximum Gasteiger partial charge on any atom is 0.252 e. The first kappa shape index (κ1) is 14.0. The van der Waals surface area contributed by atoms with Crippen molar-refractivity contribution in [2.75, 3.05) is 32.7 Å². The molecule has 6 heteroatoms. The Bertz CT molecular complexity index is 460. The molecule has 1 aliphatic heterocycles. The molecule has 102 valence electrons. The summed E-state index contributed by atoms with van der Waals surface area (Å²) < 4.78 is 26.7. The van der Waals surface area contributed by atoms with Crippen LogP contribution in [-0.4, -0.2) is 50.3 Å². The maximum absolute atomic E-state index is 12.3. The van der Waals surface area contributed by atoms with E-state index < -0.39 is 10.0 Å². The van der Waals surface area contributed by atoms with Gasteiger partial charge in [-0.15, -0.1) is 11.3 Å². The van der Waals surface area contributed by atoms with Crippen LogP contribution in [0.2, 0.25) is 0 Å². The number of nitrogens with zero attached hydrogens (tertiary/aromatic N) is 2. The number of sulfonamides is 1. The summed E-state index contributed by atoms with van der Waals surface area (Å²) in [5, 5.41) is 1.81. The fraction of sp³-hybridized carbons (Fsp3) is 0.667. The highest BCUT2D eigenvalue weighted by atomic mass is 32.2. The molecule has 0 saturated carbocycles. The summed E-state index contributed by atoms with van der Waals surface area (Å²) in [5.74, 6) is 0.630. The Morgan fingerprint density at radius 1 is 1.28 bits per heavy atom. The molecule has 1 aromatic rings. The van der Waals surface area contributed by atoms with Gasteiger partial charge in [-0.05, 0) is 17.4 Å². The van der Waals surface area contributed by atoms with Crippen molar-refractivity contribution in [3.8, 4) is 0 Å². The van der Waals surface area contributed by atoms with E-state index in [-0.39, 0.29) is 0 Å². The van der Waals surface area contributed by atoms with Crippen LogP contribution in [0.3, 0.4) is 0 Å². The number of thiophene rings is 1. The summed E-state index contributed by atoms with van der Waals surface area (Å²) in [5.41, 5.74) is 0. The van der Waals surface area contributed by atoms with E-state index in [9.17, 15) is 8.42 Å². The Morgan fingerprint density at radius 2 is 1.94 bits per heavy atom. The van der Waals surface area contributed by atoms with Gasteiger partial charge in [-0.3, -0.25) is 0 Å². The molecule has 0 atom stereocenters. The van der Waals surface area contributed by atoms with Crippen molar-refractivity contribution in [1.29, 1.82) is 0 Å². The van der Waals surface area contributed by atoms with Gasteiger partial charge in [0.15, 0.2) is 0 Å². The van der Waals surface area contributed by atoms with Crippen molar-refractivity contribution in [3.63, 3.8) is 0 Å². The number of hydrogen-bond donors (Lipinski definition) is 0. The molecule has 2 rings (SSSR count). The average molecular weight is 288 g/mol. The first-order valence-electron chi connectivity index (χ1n) is 6.26. The molecule has 0 amide bonds. The Morgan fingerprint density at radius 3 is 2.44 bits per heavy atom. The average Bonchev–Trinajstić information content (AvgIpc) is 2.83. The molecular weight excluding hydrogens is 268 g/mol. The van der Waals surface area contributed by atoms with E-state index in [0.29, 0.717) is 23.2 Å². The monoisotopic (exact) mass is 288 g/mol. The molecular formula is C12H20N2O2S2. The fourth-order valence-corrected chi connectivity index (χ4v) is 4.77. The molecule has 1 saturated heterocycles. The van der Waals surface area contributed by atoms with Crippen molar-refractivity contribution in [1.82, 2.24) is 9.21 Å². The second-order valence-electron chi connectivity index (χ2n) is 5.03. The maximum atomic E-state index is 12.3. The van der Waals surface area contributed by atoms with Crippen LogP contribution < -0.4 is 0 Å². The zero-order chi connectivity index (χ0) is 13.2. The van der Waals surface area contributed by atoms with E-state index in [1.54, 1.807) is 16.4 Å². The van der Waals surface area contributed by atoms with Crippen molar-refractivity contribution in [2.45, 2.75) is 18.1 Å². The molecule has 0 N–H and O–H groups in total. The van der Waals surface area contributed by atoms with Crippen LogP contribution in [-0.2, 0) is 10.0 Å². The Hall–Kier alpha value is -0.430. The minimum atomic E-state index is -3.25. The van der Waals surface area contributed by atoms with E-state index in [1.807, 2.05) is 5.38 Å². The number of rotatable bonds is 4. The van der Waals surface area contributed by atoms with E-state index >= 15 is 0 Å². The minimum absolute atomic E-state index is 0.458. The topological polar surface area (TPSA) is 40.6 Å². The second kappa shape index (κ2) is 5.69. The minimum Gasteiger partial charge on any atom is -0.300 e. The summed E-state index contributed by atoms with van der Waals surface area (Å²) in [6.07, 6.45) is 0. The molecule has 4 nitrogen and oxygen atoms in total. The van der Waals surface area contributed by atoms with Gasteiger partial charge in [0, 0.05) is 32.7 Å². The second-order valence-corrected chi connectivity index (χ2v) is 8.14. The molecule has 1 fully saturated rings. The van der Waals surface area contributed by atoms with Crippen molar-refractivity contribution >= 4 is 21.4 Å². The van der Waals surface area contributed by atoms with Gasteiger partial charge in [0.2, 0.25) is 0 Å². The lowest BCUT2D eigenvalue weighted by molar-refractivity contribution is 0.172. The van der Waals surface area contributed by atoms with E-state index in [4.69, 9.17) is 0 Å². The van der Waals surface area contributed by atoms with E-state index in [1.165, 1.54) is 11.3 Å². The van der Waals surface area contributed by atoms with Crippen LogP contribution in [0.25, 0.3) is 0 Å². The molecule has 0 unspecified atom stereocenters. The van der Waals surface area contributed by atoms with Crippen LogP contribution in [0, 0.1) is 5.92 Å². The first-order chi connectivity index (χ1) is 8.50. The molecule has 18 heavy (non-hydrogen) atoms. The molecule has 0 spiro atoms. The smallest absolute Gasteiger partial charge is 0.252 e. The molecule has 0 aromatic carbocycles. The van der Waals surface area contributed by atoms with Crippen LogP contribution in [0.5, 0.6) is 0 Å². The highest BCUT2D eigenvalue weighted by molar-refractivity contribution is 7.91. The van der Waals surface area contributed by atoms with E-state index in [0.717, 1.165) is 19.6 Å². The third-order valence-corrected chi connectivity index (χ3v) is 6.32. The van der Waals surface area contributed by atoms with Gasteiger partial charge in [0.1, 0.15) is 4.21 Å². The first-order valence-corrected chi connectivity index (χ1v) is 8.58. The molecule has 1 aromatic heterocycles. The van der Waals surface area contributed by atoms with Gasteiger partial charge in [0.05, 0.1) is 0 Å². The zero-order valence-electron chi connectivity index (χ0n) is 10.9. The number of hydrogen-bond acceptors (Lipinski definition) is 4. The van der Waals surface area contributed by atoms with Gasteiger partial charge < -0.3 is 4.90 Å². The van der Waals surface area contributed by atoms with Crippen LogP contribution in [0.15, 0.2) is 21.7 Å². The fourth-order valence-electron chi connectivity index (χ4n) is 2.21. The van der Waals surface area contributed by atoms with Gasteiger partial charge in [-0.2, -0.15) is 4.31 Å². The lowest BCUT2D eigenvalue weighted by atomic mass is 10.2. The van der Waals surface area contributed by atoms with Crippen molar-refractivity contribution in [2.24, 2.45) is 5.92 Å². The summed E-state index contributed by atoms with van der Waals surface area (Å²) in [6.45, 7) is 8.31. The van der Waals surface area contributed by atoms with Gasteiger partial charge in [-0.1, -0.05) is 19.9 Å². The summed E-state index contributed by atoms with van der Waals surface area (Å²) >= 11 is 1.29. The SMILES string of the molecule is CC(C)CN1CCN(S(=O)(=O)c2cccs2)CC1. The normalized spacial score (nSPS) is 19.5. The predicted molar refractivity (Wildman–Crippen MR) is 74.4 cm³/mol. The summed E-state index contributed by atoms with van der Waals surface area (Å²) in [6, 6.07) is 3.47. The zero-order valence-corrected chi connectivity index (χ0v) is 12.5. The Labute approximate surface area is 113 Å². The Kier molecular flexibility index (Phi) is 4.42. The molecule has 2 heterocycles. The van der Waals surface area contributed by atoms with Crippen LogP contribution in [0.4, 0.5) is 0 Å². The highest BCUT2D eigenvalue weighted by Crippen LogP contribution is 2.22. The third-order valence-electron chi connectivity index (χ3n) is 3.04. The predicted octanol–water partition coefficient (Wildman–Crippen LogP) is 1.71. The lowest BCUT2D eigenvalue weighted by Gasteiger charge is -2.34. The van der Waals surface area contributed by atoms with Gasteiger partial charge in [-0.25, -0.2) is 8.42 Å². The standard InChI is InChI=1S/C12H20N2O2S2/c1-11(2)10-13-5-7-14(8-6-13)18(15,16)12-4-3-9-17-12/h3-4,9,11H,5-8,10H2,1-2H3. The van der Waals surface area contributed by atoms with Crippen LogP contribution >= 0.6 is 11.3 Å². The highest BCUT2D eigenvalue weighted by Gasteiger charge is 2.28. The molecule has 0 bridgehead atoms. The molecule has 0 aliphatic carbocycles. The van der Waals surface area contributed by atoms with Crippen molar-refractivity contribution in [3.05, 3.63) is 17.5 Å². The van der Waals surface area contributed by atoms with E-state index in [2.05, 4.69) is 18.7 Å². The van der Waals surface area contributed by atoms with Gasteiger partial charge in [0.25, 0.3) is 10.0 Å². The summed E-state index contributed by atoms with van der Waals surface area (Å²) in [7, 11) is -3.25. The largest absolute Gasteiger partial charge is 0.300 e. The Balaban J connectivity index is 1.98. The van der Waals surface area contributed by atoms with Gasteiger partial charge >= 0.3 is 0 Å². The third kappa shape index (κ3) is 3.12. The quantitative estimate of drug-likeness (QED) is 0.847. The lowest BCUT2D eigenvalue weighted by Crippen LogP contribution is -2.49. The summed E-state index contributed by atoms with van der Waals surface area (Å²) in [4.78, 5) is 2.34. The number of piperazine rings is 1. The van der Waals surface area contributed by atoms with Crippen LogP contribution in [0.1, 0.15) is 13.8 Å². The molecule has 0 radical (unpaired) electrons. The van der Waals surface area contributed by atoms with Crippen molar-refractivity contribution < 1.29 is 8.42 Å².